The zero-order chi connectivity index (χ0) is 14.5. The summed E-state index contributed by atoms with van der Waals surface area (Å²) < 4.78 is 24.1. The van der Waals surface area contributed by atoms with Crippen molar-refractivity contribution in [2.75, 3.05) is 13.2 Å². The van der Waals surface area contributed by atoms with E-state index in [9.17, 15) is 4.39 Å². The standard InChI is InChI=1S/C14H18FN3O2/c1-3-6-19-8-12(16)13-17-14(20-18-13)10-7-9(2)4-5-11(10)15/h4-5,7,12H,3,6,8,16H2,1-2H3. The first kappa shape index (κ1) is 14.6. The van der Waals surface area contributed by atoms with E-state index in [0.717, 1.165) is 12.0 Å². The van der Waals surface area contributed by atoms with E-state index in [1.54, 1.807) is 12.1 Å². The Morgan fingerprint density at radius 2 is 2.25 bits per heavy atom. The molecule has 0 bridgehead atoms. The summed E-state index contributed by atoms with van der Waals surface area (Å²) in [6.07, 6.45) is 0.915. The third kappa shape index (κ3) is 3.40. The molecule has 0 saturated heterocycles. The van der Waals surface area contributed by atoms with Gasteiger partial charge in [-0.2, -0.15) is 4.98 Å². The fourth-order valence-corrected chi connectivity index (χ4v) is 1.73. The maximum Gasteiger partial charge on any atom is 0.260 e. The van der Waals surface area contributed by atoms with Crippen molar-refractivity contribution in [2.24, 2.45) is 5.73 Å². The Kier molecular flexibility index (Phi) is 4.81. The van der Waals surface area contributed by atoms with Gasteiger partial charge in [0.15, 0.2) is 5.82 Å². The van der Waals surface area contributed by atoms with Gasteiger partial charge in [-0.05, 0) is 25.5 Å². The number of hydrogen-bond acceptors (Lipinski definition) is 5. The Labute approximate surface area is 116 Å². The molecule has 1 aromatic heterocycles. The van der Waals surface area contributed by atoms with Crippen LogP contribution in [0.1, 0.15) is 30.8 Å². The Hall–Kier alpha value is -1.79. The van der Waals surface area contributed by atoms with E-state index >= 15 is 0 Å². The van der Waals surface area contributed by atoms with Gasteiger partial charge in [-0.15, -0.1) is 0 Å². The number of hydrogen-bond donors (Lipinski definition) is 1. The summed E-state index contributed by atoms with van der Waals surface area (Å²) in [7, 11) is 0. The maximum atomic E-state index is 13.7. The van der Waals surface area contributed by atoms with Gasteiger partial charge in [-0.3, -0.25) is 0 Å². The molecule has 0 amide bonds. The zero-order valence-corrected chi connectivity index (χ0v) is 11.6. The Morgan fingerprint density at radius 3 is 3.00 bits per heavy atom. The van der Waals surface area contributed by atoms with Crippen LogP contribution in [-0.2, 0) is 4.74 Å². The molecule has 0 radical (unpaired) electrons. The van der Waals surface area contributed by atoms with Gasteiger partial charge in [0, 0.05) is 6.61 Å². The lowest BCUT2D eigenvalue weighted by molar-refractivity contribution is 0.119. The fourth-order valence-electron chi connectivity index (χ4n) is 1.73. The van der Waals surface area contributed by atoms with Crippen LogP contribution in [0.5, 0.6) is 0 Å². The molecular weight excluding hydrogens is 261 g/mol. The molecule has 0 saturated carbocycles. The van der Waals surface area contributed by atoms with Gasteiger partial charge in [-0.1, -0.05) is 23.7 Å². The van der Waals surface area contributed by atoms with Gasteiger partial charge < -0.3 is 15.0 Å². The van der Waals surface area contributed by atoms with Crippen LogP contribution in [0.3, 0.4) is 0 Å². The number of halogens is 1. The average molecular weight is 279 g/mol. The molecule has 1 atom stereocenters. The number of aryl methyl sites for hydroxylation is 1. The molecule has 0 spiro atoms. The normalized spacial score (nSPS) is 12.6. The summed E-state index contributed by atoms with van der Waals surface area (Å²) in [5, 5.41) is 3.78. The number of nitrogens with two attached hydrogens (primary N) is 1. The fraction of sp³-hybridized carbons (Fsp3) is 0.429. The summed E-state index contributed by atoms with van der Waals surface area (Å²) in [4.78, 5) is 4.14. The molecule has 20 heavy (non-hydrogen) atoms. The number of aromatic nitrogens is 2. The van der Waals surface area contributed by atoms with Crippen molar-refractivity contribution in [1.82, 2.24) is 10.1 Å². The molecule has 0 aliphatic carbocycles. The quantitative estimate of drug-likeness (QED) is 0.823. The van der Waals surface area contributed by atoms with Crippen LogP contribution in [-0.4, -0.2) is 23.4 Å². The van der Waals surface area contributed by atoms with Crippen LogP contribution in [0.4, 0.5) is 4.39 Å². The highest BCUT2D eigenvalue weighted by molar-refractivity contribution is 5.55. The maximum absolute atomic E-state index is 13.7. The second-order valence-electron chi connectivity index (χ2n) is 4.62. The highest BCUT2D eigenvalue weighted by Crippen LogP contribution is 2.23. The van der Waals surface area contributed by atoms with E-state index in [4.69, 9.17) is 15.0 Å². The van der Waals surface area contributed by atoms with E-state index < -0.39 is 11.9 Å². The summed E-state index contributed by atoms with van der Waals surface area (Å²) in [6, 6.07) is 4.23. The highest BCUT2D eigenvalue weighted by Gasteiger charge is 2.17. The zero-order valence-electron chi connectivity index (χ0n) is 11.6. The van der Waals surface area contributed by atoms with Crippen LogP contribution >= 0.6 is 0 Å². The molecule has 1 aromatic carbocycles. The van der Waals surface area contributed by atoms with Gasteiger partial charge in [0.25, 0.3) is 5.89 Å². The lowest BCUT2D eigenvalue weighted by Crippen LogP contribution is -2.18. The van der Waals surface area contributed by atoms with Gasteiger partial charge in [0.2, 0.25) is 0 Å². The second kappa shape index (κ2) is 6.58. The monoisotopic (exact) mass is 279 g/mol. The van der Waals surface area contributed by atoms with E-state index in [2.05, 4.69) is 10.1 Å². The van der Waals surface area contributed by atoms with Crippen molar-refractivity contribution in [2.45, 2.75) is 26.3 Å². The van der Waals surface area contributed by atoms with Gasteiger partial charge in [-0.25, -0.2) is 4.39 Å². The van der Waals surface area contributed by atoms with Gasteiger partial charge in [0.05, 0.1) is 18.2 Å². The molecule has 1 unspecified atom stereocenters. The van der Waals surface area contributed by atoms with Crippen LogP contribution < -0.4 is 5.73 Å². The van der Waals surface area contributed by atoms with Crippen LogP contribution in [0.15, 0.2) is 22.7 Å². The second-order valence-corrected chi connectivity index (χ2v) is 4.62. The molecular formula is C14H18FN3O2. The van der Waals surface area contributed by atoms with Crippen LogP contribution in [0, 0.1) is 12.7 Å². The predicted molar refractivity (Wildman–Crippen MR) is 72.5 cm³/mol. The Balaban J connectivity index is 2.14. The van der Waals surface area contributed by atoms with Crippen molar-refractivity contribution in [3.63, 3.8) is 0 Å². The minimum atomic E-state index is -0.480. The van der Waals surface area contributed by atoms with Crippen molar-refractivity contribution in [3.8, 4) is 11.5 Å². The number of benzene rings is 1. The molecule has 1 heterocycles. The third-order valence-electron chi connectivity index (χ3n) is 2.77. The molecule has 2 rings (SSSR count). The van der Waals surface area contributed by atoms with E-state index in [1.165, 1.54) is 6.07 Å². The lowest BCUT2D eigenvalue weighted by Gasteiger charge is -2.06. The number of nitrogens with zero attached hydrogens (tertiary/aromatic N) is 2. The van der Waals surface area contributed by atoms with E-state index in [0.29, 0.717) is 19.0 Å². The SMILES string of the molecule is CCCOCC(N)c1noc(-c2cc(C)ccc2F)n1. The average Bonchev–Trinajstić information content (AvgIpc) is 2.91. The molecule has 0 fully saturated rings. The van der Waals surface area contributed by atoms with Crippen molar-refractivity contribution < 1.29 is 13.7 Å². The van der Waals surface area contributed by atoms with Crippen LogP contribution in [0.25, 0.3) is 11.5 Å². The first-order valence-corrected chi connectivity index (χ1v) is 6.55. The Bertz CT molecular complexity index is 571. The minimum Gasteiger partial charge on any atom is -0.379 e. The highest BCUT2D eigenvalue weighted by atomic mass is 19.1. The summed E-state index contributed by atoms with van der Waals surface area (Å²) in [5.74, 6) is 0.0470. The first-order chi connectivity index (χ1) is 9.61. The van der Waals surface area contributed by atoms with E-state index in [-0.39, 0.29) is 11.5 Å². The van der Waals surface area contributed by atoms with Gasteiger partial charge >= 0.3 is 0 Å². The van der Waals surface area contributed by atoms with E-state index in [1.807, 2.05) is 13.8 Å². The summed E-state index contributed by atoms with van der Waals surface area (Å²) in [5.41, 5.74) is 7.09. The van der Waals surface area contributed by atoms with Crippen molar-refractivity contribution in [3.05, 3.63) is 35.4 Å². The predicted octanol–water partition coefficient (Wildman–Crippen LogP) is 2.61. The molecule has 0 aliphatic rings. The van der Waals surface area contributed by atoms with Crippen molar-refractivity contribution >= 4 is 0 Å². The number of rotatable bonds is 6. The van der Waals surface area contributed by atoms with Gasteiger partial charge in [0.1, 0.15) is 5.82 Å². The third-order valence-corrected chi connectivity index (χ3v) is 2.77. The number of ether oxygens (including phenoxy) is 1. The molecule has 6 heteroatoms. The molecule has 2 aromatic rings. The molecule has 108 valence electrons. The molecule has 0 aliphatic heterocycles. The topological polar surface area (TPSA) is 74.2 Å². The molecule has 2 N–H and O–H groups in total. The van der Waals surface area contributed by atoms with Crippen molar-refractivity contribution in [1.29, 1.82) is 0 Å². The summed E-state index contributed by atoms with van der Waals surface area (Å²) in [6.45, 7) is 4.82. The smallest absolute Gasteiger partial charge is 0.260 e. The first-order valence-electron chi connectivity index (χ1n) is 6.55. The molecule has 5 nitrogen and oxygen atoms in total. The Morgan fingerprint density at radius 1 is 1.45 bits per heavy atom. The summed E-state index contributed by atoms with van der Waals surface area (Å²) >= 11 is 0. The van der Waals surface area contributed by atoms with Crippen LogP contribution in [0.2, 0.25) is 0 Å². The lowest BCUT2D eigenvalue weighted by atomic mass is 10.1. The largest absolute Gasteiger partial charge is 0.379 e. The minimum absolute atomic E-state index is 0.132.